The van der Waals surface area contributed by atoms with Crippen molar-refractivity contribution in [3.05, 3.63) is 45.3 Å². The van der Waals surface area contributed by atoms with Crippen molar-refractivity contribution in [3.8, 4) is 0 Å². The van der Waals surface area contributed by atoms with Crippen LogP contribution in [0.25, 0.3) is 0 Å². The first kappa shape index (κ1) is 10.2. The van der Waals surface area contributed by atoms with E-state index in [1.165, 1.54) is 0 Å². The van der Waals surface area contributed by atoms with Crippen molar-refractivity contribution >= 4 is 21.6 Å². The Balaban J connectivity index is 3.19. The first-order valence-corrected chi connectivity index (χ1v) is 4.58. The molecule has 0 fully saturated rings. The molecule has 0 amide bonds. The van der Waals surface area contributed by atoms with Crippen molar-refractivity contribution in [3.63, 3.8) is 0 Å². The highest BCUT2D eigenvalue weighted by atomic mass is 79.9. The summed E-state index contributed by atoms with van der Waals surface area (Å²) in [6.45, 7) is 5.70. The summed E-state index contributed by atoms with van der Waals surface area (Å²) in [4.78, 5) is 10.1. The summed E-state index contributed by atoms with van der Waals surface area (Å²) in [6.07, 6.45) is 0. The molecule has 0 saturated heterocycles. The quantitative estimate of drug-likeness (QED) is 0.590. The maximum absolute atomic E-state index is 10.6. The highest BCUT2D eigenvalue weighted by Crippen LogP contribution is 2.28. The van der Waals surface area contributed by atoms with E-state index in [0.29, 0.717) is 4.47 Å². The minimum absolute atomic E-state index is 0.0619. The van der Waals surface area contributed by atoms with Crippen LogP contribution >= 0.6 is 15.9 Å². The minimum atomic E-state index is -0.407. The van der Waals surface area contributed by atoms with Gasteiger partial charge in [-0.15, -0.1) is 0 Å². The molecule has 1 atom stereocenters. The Morgan fingerprint density at radius 3 is 2.69 bits per heavy atom. The monoisotopic (exact) mass is 242 g/mol. The van der Waals surface area contributed by atoms with Crippen LogP contribution in [0.5, 0.6) is 0 Å². The van der Waals surface area contributed by atoms with E-state index in [1.807, 2.05) is 13.0 Å². The van der Waals surface area contributed by atoms with Crippen LogP contribution in [0.3, 0.4) is 0 Å². The second-order valence-corrected chi connectivity index (χ2v) is 3.72. The normalized spacial score (nSPS) is 10.5. The fourth-order valence-corrected chi connectivity index (χ4v) is 1.37. The van der Waals surface area contributed by atoms with E-state index >= 15 is 0 Å². The highest BCUT2D eigenvalue weighted by Gasteiger charge is 2.13. The first-order chi connectivity index (χ1) is 6.02. The summed E-state index contributed by atoms with van der Waals surface area (Å²) in [7, 11) is 0. The average Bonchev–Trinajstić information content (AvgIpc) is 2.04. The molecule has 0 spiro atoms. The van der Waals surface area contributed by atoms with Gasteiger partial charge in [0, 0.05) is 6.07 Å². The Morgan fingerprint density at radius 1 is 1.62 bits per heavy atom. The van der Waals surface area contributed by atoms with Gasteiger partial charge in [-0.25, -0.2) is 0 Å². The third-order valence-electron chi connectivity index (χ3n) is 1.74. The summed E-state index contributed by atoms with van der Waals surface area (Å²) < 4.78 is 0.502. The smallest absolute Gasteiger partial charge is 0.258 e. The molecule has 0 aliphatic carbocycles. The summed E-state index contributed by atoms with van der Waals surface area (Å²) in [5.41, 5.74) is 0.961. The molecule has 0 N–H and O–H groups in total. The summed E-state index contributed by atoms with van der Waals surface area (Å²) in [5, 5.41) is 10.6. The molecule has 1 aromatic rings. The topological polar surface area (TPSA) is 43.1 Å². The van der Waals surface area contributed by atoms with Gasteiger partial charge in [-0.05, 0) is 40.4 Å². The lowest BCUT2D eigenvalue weighted by atomic mass is 10.0. The molecule has 3 nitrogen and oxygen atoms in total. The summed E-state index contributed by atoms with van der Waals surface area (Å²) >= 11 is 3.12. The van der Waals surface area contributed by atoms with Crippen molar-refractivity contribution in [2.24, 2.45) is 0 Å². The molecule has 0 saturated carbocycles. The van der Waals surface area contributed by atoms with Crippen LogP contribution in [0.4, 0.5) is 5.69 Å². The van der Waals surface area contributed by atoms with Gasteiger partial charge in [-0.2, -0.15) is 0 Å². The fraction of sp³-hybridized carbons (Fsp3) is 0.222. The largest absolute Gasteiger partial charge is 0.283 e. The van der Waals surface area contributed by atoms with Crippen LogP contribution in [0, 0.1) is 17.0 Å². The molecule has 0 aromatic heterocycles. The standard InChI is InChI=1S/C9H9BrNO2/c1-6(2)7-3-4-8(10)9(5-7)11(12)13/h3-6H,1H2,2H3. The van der Waals surface area contributed by atoms with Gasteiger partial charge in [0.1, 0.15) is 0 Å². The van der Waals surface area contributed by atoms with E-state index < -0.39 is 4.92 Å². The van der Waals surface area contributed by atoms with Crippen LogP contribution in [-0.2, 0) is 0 Å². The molecule has 0 heterocycles. The summed E-state index contributed by atoms with van der Waals surface area (Å²) in [6, 6.07) is 5.05. The van der Waals surface area contributed by atoms with Crippen LogP contribution in [0.15, 0.2) is 22.7 Å². The predicted molar refractivity (Wildman–Crippen MR) is 54.6 cm³/mol. The third kappa shape index (κ3) is 2.28. The first-order valence-electron chi connectivity index (χ1n) is 3.79. The predicted octanol–water partition coefficient (Wildman–Crippen LogP) is 3.29. The number of halogens is 1. The van der Waals surface area contributed by atoms with Crippen LogP contribution in [0.2, 0.25) is 0 Å². The lowest BCUT2D eigenvalue weighted by molar-refractivity contribution is -0.385. The van der Waals surface area contributed by atoms with Gasteiger partial charge in [-0.3, -0.25) is 10.1 Å². The van der Waals surface area contributed by atoms with Crippen molar-refractivity contribution in [2.45, 2.75) is 12.8 Å². The van der Waals surface area contributed by atoms with Crippen LogP contribution < -0.4 is 0 Å². The molecule has 0 aliphatic heterocycles. The van der Waals surface area contributed by atoms with Gasteiger partial charge in [-0.1, -0.05) is 13.0 Å². The van der Waals surface area contributed by atoms with Gasteiger partial charge in [0.15, 0.2) is 0 Å². The fourth-order valence-electron chi connectivity index (χ4n) is 0.976. The SMILES string of the molecule is [CH2]C(C)c1ccc(Br)c([N+](=O)[O-])c1. The summed E-state index contributed by atoms with van der Waals surface area (Å²) in [5.74, 6) is 0.0619. The maximum Gasteiger partial charge on any atom is 0.283 e. The van der Waals surface area contributed by atoms with E-state index in [9.17, 15) is 10.1 Å². The number of nitrogens with zero attached hydrogens (tertiary/aromatic N) is 1. The Morgan fingerprint density at radius 2 is 2.23 bits per heavy atom. The zero-order valence-corrected chi connectivity index (χ0v) is 8.74. The number of hydrogen-bond donors (Lipinski definition) is 0. The van der Waals surface area contributed by atoms with E-state index in [4.69, 9.17) is 0 Å². The number of nitro groups is 1. The Hall–Kier alpha value is -0.900. The van der Waals surface area contributed by atoms with Crippen molar-refractivity contribution in [1.82, 2.24) is 0 Å². The van der Waals surface area contributed by atoms with Gasteiger partial charge < -0.3 is 0 Å². The molecular weight excluding hydrogens is 234 g/mol. The molecule has 0 aliphatic rings. The molecular formula is C9H9BrNO2. The van der Waals surface area contributed by atoms with Gasteiger partial charge in [0.05, 0.1) is 9.40 Å². The Bertz CT molecular complexity index is 336. The van der Waals surface area contributed by atoms with Gasteiger partial charge in [0.25, 0.3) is 5.69 Å². The van der Waals surface area contributed by atoms with Crippen LogP contribution in [0.1, 0.15) is 18.4 Å². The third-order valence-corrected chi connectivity index (χ3v) is 2.41. The molecule has 69 valence electrons. The van der Waals surface area contributed by atoms with Crippen molar-refractivity contribution < 1.29 is 4.92 Å². The van der Waals surface area contributed by atoms with Crippen molar-refractivity contribution in [1.29, 1.82) is 0 Å². The van der Waals surface area contributed by atoms with E-state index in [2.05, 4.69) is 22.9 Å². The number of benzene rings is 1. The lowest BCUT2D eigenvalue weighted by Crippen LogP contribution is -1.93. The van der Waals surface area contributed by atoms with E-state index in [1.54, 1.807) is 12.1 Å². The van der Waals surface area contributed by atoms with E-state index in [0.717, 1.165) is 5.56 Å². The van der Waals surface area contributed by atoms with E-state index in [-0.39, 0.29) is 11.6 Å². The zero-order valence-electron chi connectivity index (χ0n) is 7.16. The highest BCUT2D eigenvalue weighted by molar-refractivity contribution is 9.10. The molecule has 1 radical (unpaired) electrons. The van der Waals surface area contributed by atoms with Gasteiger partial charge in [0.2, 0.25) is 0 Å². The molecule has 1 rings (SSSR count). The van der Waals surface area contributed by atoms with Crippen molar-refractivity contribution in [2.75, 3.05) is 0 Å². The Kier molecular flexibility index (Phi) is 3.03. The molecule has 13 heavy (non-hydrogen) atoms. The van der Waals surface area contributed by atoms with Crippen LogP contribution in [-0.4, -0.2) is 4.92 Å². The molecule has 1 unspecified atom stereocenters. The number of nitro benzene ring substituents is 1. The lowest BCUT2D eigenvalue weighted by Gasteiger charge is -2.04. The second-order valence-electron chi connectivity index (χ2n) is 2.87. The second kappa shape index (κ2) is 3.87. The molecule has 4 heteroatoms. The molecule has 1 aromatic carbocycles. The maximum atomic E-state index is 10.6. The Labute approximate surface area is 85.0 Å². The zero-order chi connectivity index (χ0) is 10.0. The average molecular weight is 243 g/mol. The minimum Gasteiger partial charge on any atom is -0.258 e. The number of hydrogen-bond acceptors (Lipinski definition) is 2. The number of rotatable bonds is 2. The molecule has 0 bridgehead atoms. The van der Waals surface area contributed by atoms with Gasteiger partial charge >= 0.3 is 0 Å².